The van der Waals surface area contributed by atoms with Crippen LogP contribution in [0.15, 0.2) is 48.5 Å². The maximum atomic E-state index is 5.36. The lowest BCUT2D eigenvalue weighted by molar-refractivity contribution is 0.782. The van der Waals surface area contributed by atoms with E-state index >= 15 is 0 Å². The first-order chi connectivity index (χ1) is 9.29. The van der Waals surface area contributed by atoms with Gasteiger partial charge in [0.2, 0.25) is 0 Å². The van der Waals surface area contributed by atoms with E-state index in [2.05, 4.69) is 25.1 Å². The van der Waals surface area contributed by atoms with Crippen LogP contribution in [0.25, 0.3) is 0 Å². The van der Waals surface area contributed by atoms with Crippen molar-refractivity contribution in [3.8, 4) is 0 Å². The second-order valence-corrected chi connectivity index (χ2v) is 5.12. The third-order valence-corrected chi connectivity index (χ3v) is 3.55. The Balaban J connectivity index is 0.000000163. The highest BCUT2D eigenvalue weighted by atomic mass is 14.5. The molecule has 2 N–H and O–H groups in total. The van der Waals surface area contributed by atoms with E-state index in [0.29, 0.717) is 0 Å². The summed E-state index contributed by atoms with van der Waals surface area (Å²) in [5, 5.41) is 0. The number of aryl methyl sites for hydroxylation is 3. The monoisotopic (exact) mass is 253 g/mol. The van der Waals surface area contributed by atoms with Gasteiger partial charge in [-0.2, -0.15) is 0 Å². The number of unbranched alkanes of at least 4 members (excludes halogenated alkanes) is 1. The molecule has 0 radical (unpaired) electrons. The highest BCUT2D eigenvalue weighted by molar-refractivity contribution is 5.38. The Hall–Kier alpha value is -1.76. The SMILES string of the molecule is CCCCc1ccc2c(c1)CC2.Nc1ccccc1. The van der Waals surface area contributed by atoms with Crippen LogP contribution < -0.4 is 5.73 Å². The molecule has 0 spiro atoms. The van der Waals surface area contributed by atoms with Crippen LogP contribution in [0.3, 0.4) is 0 Å². The molecule has 19 heavy (non-hydrogen) atoms. The van der Waals surface area contributed by atoms with Crippen molar-refractivity contribution in [3.05, 3.63) is 65.2 Å². The van der Waals surface area contributed by atoms with E-state index in [1.165, 1.54) is 37.7 Å². The average Bonchev–Trinajstić information content (AvgIpc) is 2.40. The van der Waals surface area contributed by atoms with Crippen LogP contribution in [-0.4, -0.2) is 0 Å². The summed E-state index contributed by atoms with van der Waals surface area (Å²) >= 11 is 0. The Labute approximate surface area is 116 Å². The van der Waals surface area contributed by atoms with Gasteiger partial charge in [0.1, 0.15) is 0 Å². The van der Waals surface area contributed by atoms with Crippen LogP contribution in [0.5, 0.6) is 0 Å². The molecule has 0 bridgehead atoms. The van der Waals surface area contributed by atoms with E-state index in [4.69, 9.17) is 5.73 Å². The molecule has 1 nitrogen and oxygen atoms in total. The highest BCUT2D eigenvalue weighted by Gasteiger charge is 2.11. The first-order valence-corrected chi connectivity index (χ1v) is 7.21. The van der Waals surface area contributed by atoms with Gasteiger partial charge in [-0.05, 0) is 54.5 Å². The minimum atomic E-state index is 0.822. The number of fused-ring (bicyclic) bond motifs is 1. The van der Waals surface area contributed by atoms with Crippen LogP contribution >= 0.6 is 0 Å². The van der Waals surface area contributed by atoms with Gasteiger partial charge in [-0.3, -0.25) is 0 Å². The number of nitrogens with two attached hydrogens (primary N) is 1. The molecule has 1 heteroatoms. The van der Waals surface area contributed by atoms with Gasteiger partial charge in [0.25, 0.3) is 0 Å². The zero-order valence-corrected chi connectivity index (χ0v) is 11.7. The molecule has 0 saturated heterocycles. The molecule has 0 unspecified atom stereocenters. The van der Waals surface area contributed by atoms with Crippen molar-refractivity contribution in [3.63, 3.8) is 0 Å². The maximum absolute atomic E-state index is 5.36. The molecule has 2 aromatic rings. The van der Waals surface area contributed by atoms with Crippen LogP contribution in [0.2, 0.25) is 0 Å². The summed E-state index contributed by atoms with van der Waals surface area (Å²) in [6, 6.07) is 16.5. The van der Waals surface area contributed by atoms with Crippen molar-refractivity contribution in [1.82, 2.24) is 0 Å². The number of benzene rings is 2. The third-order valence-electron chi connectivity index (χ3n) is 3.55. The minimum absolute atomic E-state index is 0.822. The normalized spacial score (nSPS) is 11.8. The molecular formula is C18H23N. The van der Waals surface area contributed by atoms with Crippen molar-refractivity contribution >= 4 is 5.69 Å². The predicted molar refractivity (Wildman–Crippen MR) is 83.3 cm³/mol. The lowest BCUT2D eigenvalue weighted by atomic mass is 9.86. The Morgan fingerprint density at radius 2 is 1.68 bits per heavy atom. The van der Waals surface area contributed by atoms with Crippen LogP contribution in [-0.2, 0) is 19.3 Å². The lowest BCUT2D eigenvalue weighted by Crippen LogP contribution is -2.08. The maximum Gasteiger partial charge on any atom is 0.0313 e. The fourth-order valence-electron chi connectivity index (χ4n) is 2.24. The molecule has 0 amide bonds. The third kappa shape index (κ3) is 4.13. The van der Waals surface area contributed by atoms with Crippen molar-refractivity contribution < 1.29 is 0 Å². The molecule has 3 rings (SSSR count). The lowest BCUT2D eigenvalue weighted by Gasteiger charge is -2.19. The van der Waals surface area contributed by atoms with Crippen LogP contribution in [0.1, 0.15) is 36.5 Å². The van der Waals surface area contributed by atoms with Crippen molar-refractivity contribution in [2.75, 3.05) is 5.73 Å². The molecule has 0 aromatic heterocycles. The Morgan fingerprint density at radius 3 is 2.16 bits per heavy atom. The fraction of sp³-hybridized carbons (Fsp3) is 0.333. The van der Waals surface area contributed by atoms with Crippen molar-refractivity contribution in [2.24, 2.45) is 0 Å². The number of hydrogen-bond donors (Lipinski definition) is 1. The van der Waals surface area contributed by atoms with E-state index < -0.39 is 0 Å². The van der Waals surface area contributed by atoms with E-state index in [-0.39, 0.29) is 0 Å². The van der Waals surface area contributed by atoms with Gasteiger partial charge >= 0.3 is 0 Å². The summed E-state index contributed by atoms with van der Waals surface area (Å²) in [5.74, 6) is 0. The number of para-hydroxylation sites is 1. The smallest absolute Gasteiger partial charge is 0.0313 e. The standard InChI is InChI=1S/C12H16.C6H7N/c1-2-3-4-10-5-6-11-7-8-12(11)9-10;7-6-4-2-1-3-5-6/h5-6,9H,2-4,7-8H2,1H3;1-5H,7H2. The molecule has 0 aliphatic heterocycles. The van der Waals surface area contributed by atoms with Gasteiger partial charge in [0, 0.05) is 5.69 Å². The second kappa shape index (κ2) is 6.98. The molecule has 2 aromatic carbocycles. The molecular weight excluding hydrogens is 230 g/mol. The van der Waals surface area contributed by atoms with Gasteiger partial charge in [-0.15, -0.1) is 0 Å². The van der Waals surface area contributed by atoms with E-state index in [0.717, 1.165) is 5.69 Å². The average molecular weight is 253 g/mol. The summed E-state index contributed by atoms with van der Waals surface area (Å²) in [6.07, 6.45) is 6.53. The van der Waals surface area contributed by atoms with Crippen LogP contribution in [0, 0.1) is 0 Å². The summed E-state index contributed by atoms with van der Waals surface area (Å²) in [6.45, 7) is 2.25. The zero-order valence-electron chi connectivity index (χ0n) is 11.7. The molecule has 0 atom stereocenters. The molecule has 1 aliphatic carbocycles. The van der Waals surface area contributed by atoms with Gasteiger partial charge in [-0.25, -0.2) is 0 Å². The van der Waals surface area contributed by atoms with Crippen LogP contribution in [0.4, 0.5) is 5.69 Å². The van der Waals surface area contributed by atoms with Crippen molar-refractivity contribution in [1.29, 1.82) is 0 Å². The van der Waals surface area contributed by atoms with Gasteiger partial charge in [0.15, 0.2) is 0 Å². The summed E-state index contributed by atoms with van der Waals surface area (Å²) in [5.41, 5.74) is 10.9. The first kappa shape index (κ1) is 13.7. The first-order valence-electron chi connectivity index (χ1n) is 7.21. The molecule has 0 heterocycles. The van der Waals surface area contributed by atoms with Gasteiger partial charge < -0.3 is 5.73 Å². The predicted octanol–water partition coefficient (Wildman–Crippen LogP) is 4.40. The highest BCUT2D eigenvalue weighted by Crippen LogP contribution is 2.24. The summed E-state index contributed by atoms with van der Waals surface area (Å²) in [7, 11) is 0. The van der Waals surface area contributed by atoms with Gasteiger partial charge in [-0.1, -0.05) is 49.7 Å². The fourth-order valence-corrected chi connectivity index (χ4v) is 2.24. The van der Waals surface area contributed by atoms with Crippen molar-refractivity contribution in [2.45, 2.75) is 39.0 Å². The second-order valence-electron chi connectivity index (χ2n) is 5.12. The number of rotatable bonds is 3. The van der Waals surface area contributed by atoms with E-state index in [1.54, 1.807) is 11.1 Å². The summed E-state index contributed by atoms with van der Waals surface area (Å²) in [4.78, 5) is 0. The molecule has 0 saturated carbocycles. The number of nitrogen functional groups attached to an aromatic ring is 1. The minimum Gasteiger partial charge on any atom is -0.399 e. The largest absolute Gasteiger partial charge is 0.399 e. The zero-order chi connectivity index (χ0) is 13.5. The number of anilines is 1. The Morgan fingerprint density at radius 1 is 0.947 bits per heavy atom. The summed E-state index contributed by atoms with van der Waals surface area (Å²) < 4.78 is 0. The topological polar surface area (TPSA) is 26.0 Å². The van der Waals surface area contributed by atoms with E-state index in [9.17, 15) is 0 Å². The Kier molecular flexibility index (Phi) is 5.02. The Bertz CT molecular complexity index is 502. The molecule has 0 fully saturated rings. The van der Waals surface area contributed by atoms with E-state index in [1.807, 2.05) is 30.3 Å². The number of hydrogen-bond acceptors (Lipinski definition) is 1. The molecule has 100 valence electrons. The quantitative estimate of drug-likeness (QED) is 0.806. The van der Waals surface area contributed by atoms with Gasteiger partial charge in [0.05, 0.1) is 0 Å². The molecule has 1 aliphatic rings.